The maximum atomic E-state index is 16.5. The van der Waals surface area contributed by atoms with E-state index in [1.165, 1.54) is 25.2 Å². The maximum Gasteiger partial charge on any atom is 0.678 e. The van der Waals surface area contributed by atoms with Crippen LogP contribution in [0.15, 0.2) is 109 Å². The zero-order valence-corrected chi connectivity index (χ0v) is 39.4. The molecule has 0 aliphatic rings. The second-order valence-corrected chi connectivity index (χ2v) is 17.2. The number of benzene rings is 4. The van der Waals surface area contributed by atoms with E-state index in [0.717, 1.165) is 64.2 Å². The molecule has 0 unspecified atom stereocenters. The highest BCUT2D eigenvalue weighted by Crippen LogP contribution is 2.37. The molecule has 0 fully saturated rings. The second kappa shape index (κ2) is 23.2. The molecule has 0 atom stereocenters. The lowest BCUT2D eigenvalue weighted by Crippen LogP contribution is -2.33. The van der Waals surface area contributed by atoms with Gasteiger partial charge in [-0.05, 0) is 96.8 Å². The Morgan fingerprint density at radius 2 is 0.857 bits per heavy atom. The third-order valence-corrected chi connectivity index (χ3v) is 12.4. The van der Waals surface area contributed by atoms with Crippen LogP contribution in [0, 0.1) is 22.7 Å². The van der Waals surface area contributed by atoms with Gasteiger partial charge < -0.3 is 18.4 Å². The van der Waals surface area contributed by atoms with Crippen molar-refractivity contribution in [3.63, 3.8) is 0 Å². The van der Waals surface area contributed by atoms with Gasteiger partial charge in [0.15, 0.2) is 0 Å². The molecule has 0 bridgehead atoms. The molecular weight excluding hydrogens is 890 g/mol. The summed E-state index contributed by atoms with van der Waals surface area (Å²) in [6.07, 6.45) is 15.4. The van der Waals surface area contributed by atoms with Crippen molar-refractivity contribution in [2.45, 2.75) is 90.9 Å². The Labute approximate surface area is 405 Å². The SMILES string of the molecule is CCCCCCCCOc1ccc(-c2c3/c(=C(\C#N)c4cnc5ccccc5n4)n(B(F)F)c(-c4ccc(OCCCCCCCC)cc4)c3/c(=C(\C#N)c3cnc4ccccc4n3)n2B(F)F)cc1. The van der Waals surface area contributed by atoms with Crippen LogP contribution < -0.4 is 20.2 Å². The Morgan fingerprint density at radius 3 is 1.21 bits per heavy atom. The van der Waals surface area contributed by atoms with Crippen molar-refractivity contribution in [1.82, 2.24) is 28.9 Å². The Balaban J connectivity index is 1.44. The molecule has 8 aromatic rings. The van der Waals surface area contributed by atoms with Crippen molar-refractivity contribution >= 4 is 58.8 Å². The zero-order chi connectivity index (χ0) is 49.0. The van der Waals surface area contributed by atoms with Crippen LogP contribution in [-0.2, 0) is 0 Å². The van der Waals surface area contributed by atoms with Crippen molar-refractivity contribution in [1.29, 1.82) is 10.5 Å². The average molecular weight is 943 g/mol. The van der Waals surface area contributed by atoms with E-state index >= 15 is 17.3 Å². The van der Waals surface area contributed by atoms with Crippen LogP contribution in [0.3, 0.4) is 0 Å². The molecule has 0 saturated heterocycles. The van der Waals surface area contributed by atoms with Gasteiger partial charge in [-0.1, -0.05) is 102 Å². The number of unbranched alkanes of at least 4 members (excludes halogenated alkanes) is 10. The van der Waals surface area contributed by atoms with Gasteiger partial charge in [0.05, 0.1) is 69.8 Å². The van der Waals surface area contributed by atoms with E-state index in [9.17, 15) is 10.5 Å². The topological polar surface area (TPSA) is 127 Å². The normalized spacial score (nSPS) is 12.2. The highest BCUT2D eigenvalue weighted by Gasteiger charge is 2.37. The minimum Gasteiger partial charge on any atom is -0.494 e. The van der Waals surface area contributed by atoms with Crippen LogP contribution in [0.1, 0.15) is 102 Å². The third-order valence-electron chi connectivity index (χ3n) is 12.4. The van der Waals surface area contributed by atoms with Gasteiger partial charge in [-0.25, -0.2) is 9.97 Å². The van der Waals surface area contributed by atoms with E-state index in [0.29, 0.717) is 55.7 Å². The zero-order valence-electron chi connectivity index (χ0n) is 39.4. The van der Waals surface area contributed by atoms with E-state index in [1.54, 1.807) is 97.1 Å². The summed E-state index contributed by atoms with van der Waals surface area (Å²) in [6, 6.07) is 30.9. The van der Waals surface area contributed by atoms with E-state index < -0.39 is 25.5 Å². The summed E-state index contributed by atoms with van der Waals surface area (Å²) in [4.78, 5) is 18.4. The van der Waals surface area contributed by atoms with Gasteiger partial charge in [0, 0.05) is 10.8 Å². The summed E-state index contributed by atoms with van der Waals surface area (Å²) >= 11 is 0. The van der Waals surface area contributed by atoms with Crippen LogP contribution >= 0.6 is 0 Å². The molecule has 0 radical (unpaired) electrons. The molecule has 0 aliphatic heterocycles. The number of hydrogen-bond donors (Lipinski definition) is 0. The molecule has 0 aliphatic carbocycles. The van der Waals surface area contributed by atoms with Crippen LogP contribution in [0.4, 0.5) is 17.3 Å². The molecule has 4 heterocycles. The highest BCUT2D eigenvalue weighted by molar-refractivity contribution is 6.45. The molecule has 0 N–H and O–H groups in total. The van der Waals surface area contributed by atoms with E-state index in [2.05, 4.69) is 36.0 Å². The van der Waals surface area contributed by atoms with Crippen LogP contribution in [-0.4, -0.2) is 56.9 Å². The van der Waals surface area contributed by atoms with Crippen LogP contribution in [0.5, 0.6) is 11.5 Å². The number of para-hydroxylation sites is 4. The van der Waals surface area contributed by atoms with Gasteiger partial charge in [-0.3, -0.25) is 27.2 Å². The number of ether oxygens (including phenoxy) is 2. The van der Waals surface area contributed by atoms with Crippen molar-refractivity contribution in [2.24, 2.45) is 0 Å². The van der Waals surface area contributed by atoms with Gasteiger partial charge in [0.2, 0.25) is 0 Å². The first-order valence-electron chi connectivity index (χ1n) is 24.1. The fourth-order valence-corrected chi connectivity index (χ4v) is 9.03. The van der Waals surface area contributed by atoms with E-state index in [4.69, 9.17) is 19.4 Å². The Morgan fingerprint density at radius 1 is 0.500 bits per heavy atom. The Bertz CT molecular complexity index is 3090. The number of hydrogen-bond acceptors (Lipinski definition) is 8. The van der Waals surface area contributed by atoms with Gasteiger partial charge in [-0.15, -0.1) is 0 Å². The van der Waals surface area contributed by atoms with E-state index in [1.807, 2.05) is 0 Å². The number of rotatable bonds is 22. The summed E-state index contributed by atoms with van der Waals surface area (Å²) < 4.78 is 79.3. The second-order valence-electron chi connectivity index (χ2n) is 17.2. The largest absolute Gasteiger partial charge is 0.678 e. The fourth-order valence-electron chi connectivity index (χ4n) is 9.03. The minimum atomic E-state index is -3.35. The van der Waals surface area contributed by atoms with Crippen LogP contribution in [0.2, 0.25) is 0 Å². The number of nitrogens with zero attached hydrogens (tertiary/aromatic N) is 8. The Kier molecular flexibility index (Phi) is 16.3. The Hall–Kier alpha value is -7.45. The molecule has 0 spiro atoms. The van der Waals surface area contributed by atoms with Crippen molar-refractivity contribution in [3.05, 3.63) is 132 Å². The standard InChI is InChI=1S/C54H52B2F4N8O2/c1-3-5-7-9-11-17-31-69-39-27-23-37(24-28-39)51-49-50(54(67(51)55(57)58)42(34-62)48-36-64-44-20-14-16-22-46(44)66-48)52(38-25-29-40(30-26-38)70-32-18-12-10-8-6-4-2)68(56(59)60)53(49)41(33-61)47-35-63-43-19-13-15-21-45(43)65-47/h13-16,19-30,35-36H,3-12,17-18,31-32H2,1-2H3/b53-41-,54-42-. The first-order chi connectivity index (χ1) is 34.3. The molecule has 8 rings (SSSR count). The molecule has 354 valence electrons. The predicted molar refractivity (Wildman–Crippen MR) is 270 cm³/mol. The third kappa shape index (κ3) is 10.6. The molecule has 70 heavy (non-hydrogen) atoms. The quantitative estimate of drug-likeness (QED) is 0.0373. The van der Waals surface area contributed by atoms with Gasteiger partial charge >= 0.3 is 14.8 Å². The lowest BCUT2D eigenvalue weighted by Gasteiger charge is -2.14. The molecular formula is C54H52B2F4N8O2. The smallest absolute Gasteiger partial charge is 0.494 e. The molecule has 0 saturated carbocycles. The van der Waals surface area contributed by atoms with E-state index in [-0.39, 0.29) is 55.8 Å². The van der Waals surface area contributed by atoms with Gasteiger partial charge in [0.25, 0.3) is 0 Å². The fraction of sp³-hybridized carbons (Fsp3) is 0.296. The summed E-state index contributed by atoms with van der Waals surface area (Å²) in [5.74, 6) is 0.973. The summed E-state index contributed by atoms with van der Waals surface area (Å²) in [5.41, 5.74) is 0.852. The summed E-state index contributed by atoms with van der Waals surface area (Å²) in [6.45, 7) is 5.22. The number of aromatic nitrogens is 6. The summed E-state index contributed by atoms with van der Waals surface area (Å²) in [5, 5.41) is 21.2. The minimum absolute atomic E-state index is 0.0619. The van der Waals surface area contributed by atoms with Crippen molar-refractivity contribution < 1.29 is 26.7 Å². The number of halogens is 4. The predicted octanol–water partition coefficient (Wildman–Crippen LogP) is 12.1. The van der Waals surface area contributed by atoms with Gasteiger partial charge in [-0.2, -0.15) is 10.5 Å². The average Bonchev–Trinajstić information content (AvgIpc) is 3.90. The lowest BCUT2D eigenvalue weighted by atomic mass is 10.0. The van der Waals surface area contributed by atoms with Crippen molar-refractivity contribution in [3.8, 4) is 46.2 Å². The lowest BCUT2D eigenvalue weighted by molar-refractivity contribution is 0.304. The van der Waals surface area contributed by atoms with Crippen molar-refractivity contribution in [2.75, 3.05) is 13.2 Å². The summed E-state index contributed by atoms with van der Waals surface area (Å²) in [7, 11) is -6.69. The first-order valence-corrected chi connectivity index (χ1v) is 24.1. The maximum absolute atomic E-state index is 16.5. The molecule has 4 aromatic carbocycles. The number of nitriles is 2. The van der Waals surface area contributed by atoms with Gasteiger partial charge in [0.1, 0.15) is 46.2 Å². The number of fused-ring (bicyclic) bond motifs is 3. The molecule has 16 heteroatoms. The first kappa shape index (κ1) is 49.0. The molecule has 0 amide bonds. The van der Waals surface area contributed by atoms with Crippen LogP contribution in [0.25, 0.3) is 66.5 Å². The monoisotopic (exact) mass is 942 g/mol. The molecule has 4 aromatic heterocycles. The molecule has 10 nitrogen and oxygen atoms in total. The highest BCUT2D eigenvalue weighted by atomic mass is 19.2.